The molecule has 110 valence electrons. The molecule has 0 heterocycles. The molecule has 0 aliphatic carbocycles. The molecule has 0 bridgehead atoms. The largest absolute Gasteiger partial charge is 0.497 e. The standard InChI is InChI=1S/C14H9F4NO2/c1-21-6-2-10(17)13(11(18)3-6)14(20)7-4-8(15)9(16)5-12(7)19/h2-5H,19H2,1H3. The topological polar surface area (TPSA) is 52.3 Å². The van der Waals surface area contributed by atoms with Gasteiger partial charge in [0.05, 0.1) is 12.7 Å². The number of carbonyl (C=O) groups excluding carboxylic acids is 1. The predicted octanol–water partition coefficient (Wildman–Crippen LogP) is 3.06. The molecule has 0 saturated heterocycles. The third-order valence-electron chi connectivity index (χ3n) is 2.82. The second-order valence-electron chi connectivity index (χ2n) is 4.15. The summed E-state index contributed by atoms with van der Waals surface area (Å²) in [6, 6.07) is 2.66. The molecule has 0 radical (unpaired) electrons. The van der Waals surface area contributed by atoms with Crippen LogP contribution in [0, 0.1) is 23.3 Å². The first kappa shape index (κ1) is 14.8. The number of methoxy groups -OCH3 is 1. The van der Waals surface area contributed by atoms with Crippen molar-refractivity contribution in [3.8, 4) is 5.75 Å². The van der Waals surface area contributed by atoms with E-state index in [9.17, 15) is 22.4 Å². The molecular formula is C14H9F4NO2. The maximum atomic E-state index is 13.8. The molecule has 0 spiro atoms. The van der Waals surface area contributed by atoms with Crippen molar-refractivity contribution in [2.45, 2.75) is 0 Å². The van der Waals surface area contributed by atoms with E-state index in [1.165, 1.54) is 7.11 Å². The monoisotopic (exact) mass is 299 g/mol. The van der Waals surface area contributed by atoms with Crippen molar-refractivity contribution in [3.63, 3.8) is 0 Å². The number of nitrogen functional groups attached to an aromatic ring is 1. The first-order valence-electron chi connectivity index (χ1n) is 5.67. The van der Waals surface area contributed by atoms with E-state index < -0.39 is 45.9 Å². The SMILES string of the molecule is COc1cc(F)c(C(=O)c2cc(F)c(F)cc2N)c(F)c1. The van der Waals surface area contributed by atoms with Crippen LogP contribution < -0.4 is 10.5 Å². The molecule has 0 amide bonds. The summed E-state index contributed by atoms with van der Waals surface area (Å²) in [6.07, 6.45) is 0. The lowest BCUT2D eigenvalue weighted by atomic mass is 10.00. The van der Waals surface area contributed by atoms with Crippen LogP contribution in [0.1, 0.15) is 15.9 Å². The van der Waals surface area contributed by atoms with Crippen molar-refractivity contribution in [2.75, 3.05) is 12.8 Å². The Bertz CT molecular complexity index is 708. The highest BCUT2D eigenvalue weighted by atomic mass is 19.2. The van der Waals surface area contributed by atoms with E-state index in [0.29, 0.717) is 12.1 Å². The number of ketones is 1. The highest BCUT2D eigenvalue weighted by Gasteiger charge is 2.23. The van der Waals surface area contributed by atoms with Gasteiger partial charge in [0, 0.05) is 29.4 Å². The molecule has 0 aromatic heterocycles. The Morgan fingerprint density at radius 2 is 1.48 bits per heavy atom. The van der Waals surface area contributed by atoms with Crippen molar-refractivity contribution in [3.05, 3.63) is 58.7 Å². The second kappa shape index (κ2) is 5.43. The Balaban J connectivity index is 2.58. The number of hydrogen-bond donors (Lipinski definition) is 1. The first-order chi connectivity index (χ1) is 9.85. The Hall–Kier alpha value is -2.57. The summed E-state index contributed by atoms with van der Waals surface area (Å²) in [5.41, 5.74) is 3.51. The third-order valence-corrected chi connectivity index (χ3v) is 2.82. The fourth-order valence-electron chi connectivity index (χ4n) is 1.78. The van der Waals surface area contributed by atoms with Crippen LogP contribution in [-0.2, 0) is 0 Å². The Labute approximate surface area is 116 Å². The summed E-state index contributed by atoms with van der Waals surface area (Å²) in [4.78, 5) is 12.1. The predicted molar refractivity (Wildman–Crippen MR) is 67.1 cm³/mol. The molecule has 0 atom stereocenters. The molecule has 2 aromatic carbocycles. The van der Waals surface area contributed by atoms with E-state index in [-0.39, 0.29) is 5.75 Å². The summed E-state index contributed by atoms with van der Waals surface area (Å²) >= 11 is 0. The molecule has 2 rings (SSSR count). The number of carbonyl (C=O) groups is 1. The average Bonchev–Trinajstić information content (AvgIpc) is 2.41. The van der Waals surface area contributed by atoms with Gasteiger partial charge >= 0.3 is 0 Å². The third kappa shape index (κ3) is 2.67. The minimum atomic E-state index is -1.35. The maximum absolute atomic E-state index is 13.8. The van der Waals surface area contributed by atoms with E-state index in [0.717, 1.165) is 12.1 Å². The van der Waals surface area contributed by atoms with Gasteiger partial charge in [-0.1, -0.05) is 0 Å². The Kier molecular flexibility index (Phi) is 3.84. The van der Waals surface area contributed by atoms with Crippen molar-refractivity contribution in [1.82, 2.24) is 0 Å². The fraction of sp³-hybridized carbons (Fsp3) is 0.0714. The number of benzene rings is 2. The zero-order valence-electron chi connectivity index (χ0n) is 10.7. The summed E-state index contributed by atoms with van der Waals surface area (Å²) < 4.78 is 58.4. The zero-order valence-corrected chi connectivity index (χ0v) is 10.7. The lowest BCUT2D eigenvalue weighted by molar-refractivity contribution is 0.103. The normalized spacial score (nSPS) is 10.5. The van der Waals surface area contributed by atoms with E-state index in [2.05, 4.69) is 4.74 Å². The molecule has 0 fully saturated rings. The van der Waals surface area contributed by atoms with Gasteiger partial charge in [0.15, 0.2) is 11.6 Å². The van der Waals surface area contributed by atoms with E-state index in [1.807, 2.05) is 0 Å². The van der Waals surface area contributed by atoms with Gasteiger partial charge in [0.25, 0.3) is 0 Å². The van der Waals surface area contributed by atoms with E-state index >= 15 is 0 Å². The van der Waals surface area contributed by atoms with Crippen LogP contribution in [0.4, 0.5) is 23.2 Å². The van der Waals surface area contributed by atoms with Crippen molar-refractivity contribution >= 4 is 11.5 Å². The molecule has 0 aliphatic rings. The molecule has 2 aromatic rings. The van der Waals surface area contributed by atoms with Crippen LogP contribution in [0.25, 0.3) is 0 Å². The highest BCUT2D eigenvalue weighted by molar-refractivity contribution is 6.12. The number of anilines is 1. The molecule has 2 N–H and O–H groups in total. The van der Waals surface area contributed by atoms with Crippen LogP contribution >= 0.6 is 0 Å². The van der Waals surface area contributed by atoms with Gasteiger partial charge < -0.3 is 10.5 Å². The zero-order chi connectivity index (χ0) is 15.7. The summed E-state index contributed by atoms with van der Waals surface area (Å²) in [7, 11) is 1.20. The van der Waals surface area contributed by atoms with Crippen molar-refractivity contribution < 1.29 is 27.1 Å². The lowest BCUT2D eigenvalue weighted by Crippen LogP contribution is -2.11. The second-order valence-corrected chi connectivity index (χ2v) is 4.15. The average molecular weight is 299 g/mol. The number of rotatable bonds is 3. The van der Waals surface area contributed by atoms with Crippen LogP contribution in [-0.4, -0.2) is 12.9 Å². The minimum absolute atomic E-state index is 0.125. The Morgan fingerprint density at radius 1 is 0.952 bits per heavy atom. The van der Waals surface area contributed by atoms with Gasteiger partial charge in [-0.2, -0.15) is 0 Å². The van der Waals surface area contributed by atoms with Crippen molar-refractivity contribution in [2.24, 2.45) is 0 Å². The highest BCUT2D eigenvalue weighted by Crippen LogP contribution is 2.26. The number of hydrogen-bond acceptors (Lipinski definition) is 3. The van der Waals surface area contributed by atoms with E-state index in [1.54, 1.807) is 0 Å². The maximum Gasteiger partial charge on any atom is 0.201 e. The molecular weight excluding hydrogens is 290 g/mol. The van der Waals surface area contributed by atoms with Crippen molar-refractivity contribution in [1.29, 1.82) is 0 Å². The number of ether oxygens (including phenoxy) is 1. The van der Waals surface area contributed by atoms with Gasteiger partial charge in [0.1, 0.15) is 17.4 Å². The van der Waals surface area contributed by atoms with Crippen LogP contribution in [0.3, 0.4) is 0 Å². The lowest BCUT2D eigenvalue weighted by Gasteiger charge is -2.09. The fourth-order valence-corrected chi connectivity index (χ4v) is 1.78. The first-order valence-corrected chi connectivity index (χ1v) is 5.67. The Morgan fingerprint density at radius 3 is 2.00 bits per heavy atom. The smallest absolute Gasteiger partial charge is 0.201 e. The summed E-state index contributed by atoms with van der Waals surface area (Å²) in [5.74, 6) is -6.31. The molecule has 7 heteroatoms. The summed E-state index contributed by atoms with van der Waals surface area (Å²) in [5, 5.41) is 0. The van der Waals surface area contributed by atoms with Gasteiger partial charge in [-0.05, 0) is 6.07 Å². The number of nitrogens with two attached hydrogens (primary N) is 1. The minimum Gasteiger partial charge on any atom is -0.497 e. The number of halogens is 4. The van der Waals surface area contributed by atoms with Crippen LogP contribution in [0.2, 0.25) is 0 Å². The quantitative estimate of drug-likeness (QED) is 0.538. The molecule has 0 saturated carbocycles. The summed E-state index contributed by atoms with van der Waals surface area (Å²) in [6.45, 7) is 0. The van der Waals surface area contributed by atoms with Gasteiger partial charge in [-0.15, -0.1) is 0 Å². The van der Waals surface area contributed by atoms with E-state index in [4.69, 9.17) is 5.73 Å². The van der Waals surface area contributed by atoms with Crippen LogP contribution in [0.15, 0.2) is 24.3 Å². The van der Waals surface area contributed by atoms with Gasteiger partial charge in [-0.3, -0.25) is 4.79 Å². The van der Waals surface area contributed by atoms with Gasteiger partial charge in [-0.25, -0.2) is 17.6 Å². The molecule has 3 nitrogen and oxygen atoms in total. The van der Waals surface area contributed by atoms with Gasteiger partial charge in [0.2, 0.25) is 5.78 Å². The van der Waals surface area contributed by atoms with Crippen LogP contribution in [0.5, 0.6) is 5.75 Å². The molecule has 0 aliphatic heterocycles. The molecule has 21 heavy (non-hydrogen) atoms. The molecule has 0 unspecified atom stereocenters.